The van der Waals surface area contributed by atoms with Crippen molar-refractivity contribution < 1.29 is 19.4 Å². The molecule has 5 rings (SSSR count). The number of anilines is 1. The number of carbonyl (C=O) groups excluding carboxylic acids is 1. The molecule has 1 aliphatic heterocycles. The Hall–Kier alpha value is -4.47. The first-order valence-electron chi connectivity index (χ1n) is 11.3. The zero-order valence-corrected chi connectivity index (χ0v) is 18.9. The molecule has 0 atom stereocenters. The molecule has 35 heavy (non-hydrogen) atoms. The zero-order valence-electron chi connectivity index (χ0n) is 18.9. The van der Waals surface area contributed by atoms with Crippen molar-refractivity contribution in [3.8, 4) is 17.0 Å². The Balaban J connectivity index is 1.22. The molecule has 4 aromatic rings. The number of likely N-dealkylation sites (tertiary alicyclic amines) is 1. The monoisotopic (exact) mass is 472 g/mol. The van der Waals surface area contributed by atoms with E-state index in [9.17, 15) is 9.59 Å². The molecule has 1 saturated heterocycles. The summed E-state index contributed by atoms with van der Waals surface area (Å²) >= 11 is 0. The van der Waals surface area contributed by atoms with E-state index in [-0.39, 0.29) is 11.9 Å². The molecule has 4 heterocycles. The molecule has 2 amide bonds. The molecule has 10 heteroatoms. The number of nitrogens with zero attached hydrogens (tertiary/aromatic N) is 5. The standard InChI is InChI=1S/C25H24N6O4/c32-23(30-13-10-17(11-14-30)16-35-20-3-2-12-26-15-20)19-8-6-18(7-9-19)21-4-1-5-22-27-24(28-25(33)34)29-31(21)22/h1-9,12,15,17H,10-11,13-14,16H2,(H,28,29)(H,33,34). The minimum Gasteiger partial charge on any atom is -0.492 e. The lowest BCUT2D eigenvalue weighted by molar-refractivity contribution is 0.0661. The van der Waals surface area contributed by atoms with Crippen LogP contribution in [0, 0.1) is 5.92 Å². The highest BCUT2D eigenvalue weighted by Crippen LogP contribution is 2.24. The summed E-state index contributed by atoms with van der Waals surface area (Å²) in [5.74, 6) is 1.19. The van der Waals surface area contributed by atoms with Crippen LogP contribution >= 0.6 is 0 Å². The number of hydrogen-bond donors (Lipinski definition) is 2. The molecule has 10 nitrogen and oxygen atoms in total. The van der Waals surface area contributed by atoms with Gasteiger partial charge in [0.15, 0.2) is 5.65 Å². The Morgan fingerprint density at radius 1 is 1.06 bits per heavy atom. The fraction of sp³-hybridized carbons (Fsp3) is 0.240. The largest absolute Gasteiger partial charge is 0.492 e. The maximum atomic E-state index is 13.0. The molecule has 0 radical (unpaired) electrons. The van der Waals surface area contributed by atoms with Gasteiger partial charge in [0, 0.05) is 30.4 Å². The van der Waals surface area contributed by atoms with Gasteiger partial charge in [0.05, 0.1) is 18.5 Å². The van der Waals surface area contributed by atoms with Gasteiger partial charge in [-0.2, -0.15) is 4.98 Å². The number of nitrogens with one attached hydrogen (secondary N) is 1. The Morgan fingerprint density at radius 3 is 2.57 bits per heavy atom. The summed E-state index contributed by atoms with van der Waals surface area (Å²) in [6, 6.07) is 16.5. The minimum atomic E-state index is -1.23. The third-order valence-electron chi connectivity index (χ3n) is 6.03. The van der Waals surface area contributed by atoms with E-state index >= 15 is 0 Å². The van der Waals surface area contributed by atoms with Crippen molar-refractivity contribution >= 4 is 23.6 Å². The van der Waals surface area contributed by atoms with Gasteiger partial charge in [-0.25, -0.2) is 9.31 Å². The molecular formula is C25H24N6O4. The van der Waals surface area contributed by atoms with Crippen LogP contribution in [0.1, 0.15) is 23.2 Å². The van der Waals surface area contributed by atoms with Crippen molar-refractivity contribution in [2.75, 3.05) is 25.0 Å². The third-order valence-corrected chi connectivity index (χ3v) is 6.03. The molecule has 1 aliphatic rings. The molecule has 3 aromatic heterocycles. The SMILES string of the molecule is O=C(O)Nc1nc2cccc(-c3ccc(C(=O)N4CCC(COc5cccnc5)CC4)cc3)n2n1. The number of carbonyl (C=O) groups is 2. The van der Waals surface area contributed by atoms with Crippen molar-refractivity contribution in [1.29, 1.82) is 0 Å². The quantitative estimate of drug-likeness (QED) is 0.437. The van der Waals surface area contributed by atoms with Gasteiger partial charge in [-0.15, -0.1) is 5.10 Å². The van der Waals surface area contributed by atoms with Gasteiger partial charge in [-0.1, -0.05) is 18.2 Å². The smallest absolute Gasteiger partial charge is 0.411 e. The Labute approximate surface area is 201 Å². The Bertz CT molecular complexity index is 1330. The van der Waals surface area contributed by atoms with Crippen LogP contribution in [0.25, 0.3) is 16.9 Å². The maximum Gasteiger partial charge on any atom is 0.411 e. The summed E-state index contributed by atoms with van der Waals surface area (Å²) in [7, 11) is 0. The molecular weight excluding hydrogens is 448 g/mol. The fourth-order valence-corrected chi connectivity index (χ4v) is 4.19. The van der Waals surface area contributed by atoms with Crippen LogP contribution in [0.5, 0.6) is 5.75 Å². The van der Waals surface area contributed by atoms with Crippen LogP contribution in [0.3, 0.4) is 0 Å². The van der Waals surface area contributed by atoms with E-state index in [2.05, 4.69) is 20.4 Å². The number of piperidine rings is 1. The van der Waals surface area contributed by atoms with Gasteiger partial charge in [0.2, 0.25) is 0 Å². The van der Waals surface area contributed by atoms with E-state index < -0.39 is 6.09 Å². The van der Waals surface area contributed by atoms with Crippen molar-refractivity contribution in [2.45, 2.75) is 12.8 Å². The van der Waals surface area contributed by atoms with Gasteiger partial charge in [-0.05, 0) is 55.2 Å². The highest BCUT2D eigenvalue weighted by molar-refractivity contribution is 5.94. The number of hydrogen-bond acceptors (Lipinski definition) is 6. The van der Waals surface area contributed by atoms with E-state index in [1.54, 1.807) is 35.1 Å². The molecule has 0 unspecified atom stereocenters. The molecule has 0 spiro atoms. The first-order chi connectivity index (χ1) is 17.1. The zero-order chi connectivity index (χ0) is 24.2. The summed E-state index contributed by atoms with van der Waals surface area (Å²) in [6.45, 7) is 2.01. The van der Waals surface area contributed by atoms with Gasteiger partial charge in [0.1, 0.15) is 5.75 Å². The average Bonchev–Trinajstić information content (AvgIpc) is 3.30. The second kappa shape index (κ2) is 9.80. The molecule has 1 fully saturated rings. The van der Waals surface area contributed by atoms with Crippen LogP contribution < -0.4 is 10.1 Å². The number of amides is 2. The predicted molar refractivity (Wildman–Crippen MR) is 128 cm³/mol. The summed E-state index contributed by atoms with van der Waals surface area (Å²) in [4.78, 5) is 34.1. The number of fused-ring (bicyclic) bond motifs is 1. The number of aromatic nitrogens is 4. The molecule has 0 saturated carbocycles. The summed E-state index contributed by atoms with van der Waals surface area (Å²) in [5.41, 5.74) is 2.71. The van der Waals surface area contributed by atoms with Crippen molar-refractivity contribution in [1.82, 2.24) is 24.5 Å². The molecule has 1 aromatic carbocycles. The van der Waals surface area contributed by atoms with E-state index in [1.165, 1.54) is 0 Å². The lowest BCUT2D eigenvalue weighted by Gasteiger charge is -2.32. The van der Waals surface area contributed by atoms with Gasteiger partial charge >= 0.3 is 6.09 Å². The van der Waals surface area contributed by atoms with Crippen LogP contribution in [0.4, 0.5) is 10.7 Å². The van der Waals surface area contributed by atoms with Crippen molar-refractivity contribution in [3.05, 3.63) is 72.6 Å². The first kappa shape index (κ1) is 22.3. The Kier molecular flexibility index (Phi) is 6.25. The van der Waals surface area contributed by atoms with Crippen LogP contribution in [-0.2, 0) is 0 Å². The molecule has 178 valence electrons. The van der Waals surface area contributed by atoms with Gasteiger partial charge in [0.25, 0.3) is 11.9 Å². The summed E-state index contributed by atoms with van der Waals surface area (Å²) in [6.07, 6.45) is 3.98. The van der Waals surface area contributed by atoms with Crippen LogP contribution in [0.15, 0.2) is 67.0 Å². The van der Waals surface area contributed by atoms with E-state index in [4.69, 9.17) is 9.84 Å². The van der Waals surface area contributed by atoms with Crippen LogP contribution in [-0.4, -0.2) is 61.3 Å². The summed E-state index contributed by atoms with van der Waals surface area (Å²) in [5, 5.41) is 15.3. The topological polar surface area (TPSA) is 122 Å². The van der Waals surface area contributed by atoms with E-state index in [1.807, 2.05) is 41.3 Å². The minimum absolute atomic E-state index is 0.00554. The average molecular weight is 473 g/mol. The first-order valence-corrected chi connectivity index (χ1v) is 11.3. The molecule has 2 N–H and O–H groups in total. The number of rotatable bonds is 6. The van der Waals surface area contributed by atoms with Crippen molar-refractivity contribution in [2.24, 2.45) is 5.92 Å². The van der Waals surface area contributed by atoms with Gasteiger partial charge in [-0.3, -0.25) is 15.1 Å². The van der Waals surface area contributed by atoms with E-state index in [0.29, 0.717) is 36.8 Å². The molecule has 0 bridgehead atoms. The molecule has 0 aliphatic carbocycles. The lowest BCUT2D eigenvalue weighted by atomic mass is 9.97. The number of ether oxygens (including phenoxy) is 1. The second-order valence-corrected chi connectivity index (χ2v) is 8.36. The number of pyridine rings is 2. The van der Waals surface area contributed by atoms with Crippen molar-refractivity contribution in [3.63, 3.8) is 0 Å². The normalized spacial score (nSPS) is 14.1. The Morgan fingerprint density at radius 2 is 1.86 bits per heavy atom. The fourth-order valence-electron chi connectivity index (χ4n) is 4.19. The van der Waals surface area contributed by atoms with Gasteiger partial charge < -0.3 is 14.7 Å². The van der Waals surface area contributed by atoms with Crippen LogP contribution in [0.2, 0.25) is 0 Å². The highest BCUT2D eigenvalue weighted by atomic mass is 16.5. The maximum absolute atomic E-state index is 13.0. The second-order valence-electron chi connectivity index (χ2n) is 8.36. The number of carboxylic acid groups (broad SMARTS) is 1. The lowest BCUT2D eigenvalue weighted by Crippen LogP contribution is -2.39. The third kappa shape index (κ3) is 5.06. The van der Waals surface area contributed by atoms with E-state index in [0.717, 1.165) is 29.8 Å². The summed E-state index contributed by atoms with van der Waals surface area (Å²) < 4.78 is 7.39. The highest BCUT2D eigenvalue weighted by Gasteiger charge is 2.24. The predicted octanol–water partition coefficient (Wildman–Crippen LogP) is 3.81. The number of benzene rings is 1.